The van der Waals surface area contributed by atoms with Crippen molar-refractivity contribution in [3.05, 3.63) is 0 Å². The van der Waals surface area contributed by atoms with Crippen LogP contribution in [0.5, 0.6) is 0 Å². The molecule has 16 heavy (non-hydrogen) atoms. The van der Waals surface area contributed by atoms with Crippen LogP contribution in [0, 0.1) is 34.5 Å². The van der Waals surface area contributed by atoms with Gasteiger partial charge in [0.1, 0.15) is 0 Å². The first-order valence-corrected chi connectivity index (χ1v) is 7.13. The van der Waals surface area contributed by atoms with Gasteiger partial charge in [-0.15, -0.1) is 0 Å². The third-order valence-electron chi connectivity index (χ3n) is 6.80. The molecule has 0 radical (unpaired) electrons. The smallest absolute Gasteiger partial charge is 0.0462 e. The maximum Gasteiger partial charge on any atom is 0.0462 e. The Hall–Kier alpha value is -0.0400. The van der Waals surface area contributed by atoms with Gasteiger partial charge in [0.15, 0.2) is 0 Å². The highest BCUT2D eigenvalue weighted by Gasteiger charge is 2.64. The molecule has 92 valence electrons. The Morgan fingerprint density at radius 3 is 2.62 bits per heavy atom. The first-order chi connectivity index (χ1) is 7.52. The minimum absolute atomic E-state index is 0.422. The van der Waals surface area contributed by atoms with E-state index in [4.69, 9.17) is 0 Å². The monoisotopic (exact) mass is 222 g/mol. The van der Waals surface area contributed by atoms with Crippen molar-refractivity contribution in [3.8, 4) is 0 Å². The normalized spacial score (nSPS) is 54.0. The summed E-state index contributed by atoms with van der Waals surface area (Å²) < 4.78 is 0. The van der Waals surface area contributed by atoms with Crippen molar-refractivity contribution in [3.63, 3.8) is 0 Å². The molecule has 1 N–H and O–H groups in total. The maximum atomic E-state index is 9.57. The van der Waals surface area contributed by atoms with Gasteiger partial charge in [-0.25, -0.2) is 0 Å². The van der Waals surface area contributed by atoms with Crippen molar-refractivity contribution in [1.82, 2.24) is 0 Å². The lowest BCUT2D eigenvalue weighted by Crippen LogP contribution is -2.33. The van der Waals surface area contributed by atoms with Crippen LogP contribution in [0.25, 0.3) is 0 Å². The van der Waals surface area contributed by atoms with E-state index in [0.29, 0.717) is 23.4 Å². The van der Waals surface area contributed by atoms with Crippen molar-refractivity contribution in [2.45, 2.75) is 52.9 Å². The summed E-state index contributed by atoms with van der Waals surface area (Å²) >= 11 is 0. The van der Waals surface area contributed by atoms with Gasteiger partial charge in [-0.2, -0.15) is 0 Å². The fourth-order valence-electron chi connectivity index (χ4n) is 5.89. The van der Waals surface area contributed by atoms with Crippen LogP contribution in [0.2, 0.25) is 0 Å². The van der Waals surface area contributed by atoms with E-state index >= 15 is 0 Å². The molecule has 0 aromatic rings. The maximum absolute atomic E-state index is 9.57. The Balaban J connectivity index is 2.00. The van der Waals surface area contributed by atoms with Crippen LogP contribution >= 0.6 is 0 Å². The predicted octanol–water partition coefficient (Wildman–Crippen LogP) is 3.47. The number of rotatable bonds is 1. The van der Waals surface area contributed by atoms with Crippen molar-refractivity contribution in [2.75, 3.05) is 6.61 Å². The summed E-state index contributed by atoms with van der Waals surface area (Å²) in [6.45, 7) is 7.87. The van der Waals surface area contributed by atoms with Crippen molar-refractivity contribution >= 4 is 0 Å². The van der Waals surface area contributed by atoms with Gasteiger partial charge in [-0.3, -0.25) is 0 Å². The summed E-state index contributed by atoms with van der Waals surface area (Å²) in [5.74, 6) is 3.26. The van der Waals surface area contributed by atoms with Gasteiger partial charge in [0.2, 0.25) is 0 Å². The van der Waals surface area contributed by atoms with Crippen LogP contribution in [0.15, 0.2) is 0 Å². The molecular weight excluding hydrogens is 196 g/mol. The van der Waals surface area contributed by atoms with E-state index in [9.17, 15) is 5.11 Å². The van der Waals surface area contributed by atoms with Gasteiger partial charge in [0.25, 0.3) is 0 Å². The third kappa shape index (κ3) is 1.11. The zero-order chi connectivity index (χ0) is 11.6. The molecular formula is C15H26O. The molecule has 0 heterocycles. The molecule has 1 unspecified atom stereocenters. The second-order valence-corrected chi connectivity index (χ2v) is 7.38. The SMILES string of the molecule is C[C@@H]1CC[C@H]2C(C)(C)[C@@H]3C[C@]12CCC3CO. The lowest BCUT2D eigenvalue weighted by molar-refractivity contribution is 0.0622. The summed E-state index contributed by atoms with van der Waals surface area (Å²) in [6.07, 6.45) is 6.99. The molecule has 1 heteroatoms. The Kier molecular flexibility index (Phi) is 2.25. The topological polar surface area (TPSA) is 20.2 Å². The van der Waals surface area contributed by atoms with Crippen LogP contribution in [0.1, 0.15) is 52.9 Å². The molecule has 3 saturated carbocycles. The second kappa shape index (κ2) is 3.25. The fourth-order valence-corrected chi connectivity index (χ4v) is 5.89. The van der Waals surface area contributed by atoms with Gasteiger partial charge in [-0.05, 0) is 66.6 Å². The highest BCUT2D eigenvalue weighted by atomic mass is 16.3. The molecule has 0 aromatic heterocycles. The largest absolute Gasteiger partial charge is 0.396 e. The molecule has 1 nitrogen and oxygen atoms in total. The summed E-state index contributed by atoms with van der Waals surface area (Å²) in [6, 6.07) is 0. The van der Waals surface area contributed by atoms with E-state index in [0.717, 1.165) is 17.8 Å². The molecule has 0 aromatic carbocycles. The molecule has 2 bridgehead atoms. The lowest BCUT2D eigenvalue weighted by atomic mass is 9.65. The average Bonchev–Trinajstić information content (AvgIpc) is 2.65. The van der Waals surface area contributed by atoms with Crippen molar-refractivity contribution in [2.24, 2.45) is 34.5 Å². The number of hydrogen-bond acceptors (Lipinski definition) is 1. The van der Waals surface area contributed by atoms with Crippen LogP contribution in [-0.4, -0.2) is 11.7 Å². The number of aliphatic hydroxyl groups excluding tert-OH is 1. The highest BCUT2D eigenvalue weighted by Crippen LogP contribution is 2.72. The molecule has 3 aliphatic rings. The Labute approximate surface area is 99.6 Å². The second-order valence-electron chi connectivity index (χ2n) is 7.38. The third-order valence-corrected chi connectivity index (χ3v) is 6.80. The summed E-state index contributed by atoms with van der Waals surface area (Å²) in [5, 5.41) is 9.57. The molecule has 0 aliphatic heterocycles. The first-order valence-electron chi connectivity index (χ1n) is 7.13. The van der Waals surface area contributed by atoms with Crippen LogP contribution in [0.4, 0.5) is 0 Å². The van der Waals surface area contributed by atoms with Gasteiger partial charge in [0.05, 0.1) is 0 Å². The molecule has 3 aliphatic carbocycles. The van der Waals surface area contributed by atoms with Crippen LogP contribution in [0.3, 0.4) is 0 Å². The van der Waals surface area contributed by atoms with E-state index in [1.807, 2.05) is 0 Å². The van der Waals surface area contributed by atoms with Crippen LogP contribution < -0.4 is 0 Å². The Morgan fingerprint density at radius 2 is 1.94 bits per heavy atom. The lowest BCUT2D eigenvalue weighted by Gasteiger charge is -2.40. The van der Waals surface area contributed by atoms with E-state index in [1.54, 1.807) is 0 Å². The van der Waals surface area contributed by atoms with Crippen LogP contribution in [-0.2, 0) is 0 Å². The van der Waals surface area contributed by atoms with E-state index < -0.39 is 0 Å². The number of fused-ring (bicyclic) bond motifs is 1. The number of hydrogen-bond donors (Lipinski definition) is 1. The fraction of sp³-hybridized carbons (Fsp3) is 1.00. The average molecular weight is 222 g/mol. The van der Waals surface area contributed by atoms with Crippen molar-refractivity contribution < 1.29 is 5.11 Å². The Bertz CT molecular complexity index is 296. The molecule has 1 spiro atoms. The molecule has 0 saturated heterocycles. The molecule has 3 rings (SSSR count). The highest BCUT2D eigenvalue weighted by molar-refractivity contribution is 5.13. The minimum atomic E-state index is 0.422. The summed E-state index contributed by atoms with van der Waals surface area (Å²) in [7, 11) is 0. The molecule has 3 fully saturated rings. The Morgan fingerprint density at radius 1 is 1.19 bits per heavy atom. The first kappa shape index (κ1) is 11.1. The van der Waals surface area contributed by atoms with Gasteiger partial charge in [0, 0.05) is 6.61 Å². The molecule has 0 amide bonds. The summed E-state index contributed by atoms with van der Waals surface area (Å²) in [4.78, 5) is 0. The van der Waals surface area contributed by atoms with Gasteiger partial charge < -0.3 is 5.11 Å². The predicted molar refractivity (Wildman–Crippen MR) is 66.0 cm³/mol. The summed E-state index contributed by atoms with van der Waals surface area (Å²) in [5.41, 5.74) is 1.15. The zero-order valence-corrected chi connectivity index (χ0v) is 11.0. The molecule has 5 atom stereocenters. The van der Waals surface area contributed by atoms with E-state index in [1.165, 1.54) is 32.1 Å². The van der Waals surface area contributed by atoms with E-state index in [2.05, 4.69) is 20.8 Å². The van der Waals surface area contributed by atoms with Gasteiger partial charge >= 0.3 is 0 Å². The standard InChI is InChI=1S/C15H26O/c1-10-4-5-13-14(2,3)12-8-15(10,13)7-6-11(12)9-16/h10-13,16H,4-9H2,1-3H3/t10-,11?,12-,13+,15-/m1/s1. The minimum Gasteiger partial charge on any atom is -0.396 e. The number of aliphatic hydroxyl groups is 1. The van der Waals surface area contributed by atoms with Gasteiger partial charge in [-0.1, -0.05) is 20.8 Å². The van der Waals surface area contributed by atoms with Crippen molar-refractivity contribution in [1.29, 1.82) is 0 Å². The quantitative estimate of drug-likeness (QED) is 0.720. The zero-order valence-electron chi connectivity index (χ0n) is 11.0. The van der Waals surface area contributed by atoms with E-state index in [-0.39, 0.29) is 0 Å².